The summed E-state index contributed by atoms with van der Waals surface area (Å²) in [6, 6.07) is 0. The van der Waals surface area contributed by atoms with E-state index >= 15 is 0 Å². The van der Waals surface area contributed by atoms with E-state index in [9.17, 15) is 9.90 Å². The maximum atomic E-state index is 12.2. The number of carbonyl (C=O) groups is 1. The van der Waals surface area contributed by atoms with Crippen LogP contribution in [0.3, 0.4) is 0 Å². The molecular formula is C21H29NO4. The lowest BCUT2D eigenvalue weighted by Gasteiger charge is -2.30. The molecule has 142 valence electrons. The summed E-state index contributed by atoms with van der Waals surface area (Å²) in [4.78, 5) is 13.9. The summed E-state index contributed by atoms with van der Waals surface area (Å²) in [5.74, 6) is 0.408. The predicted octanol–water partition coefficient (Wildman–Crippen LogP) is 3.72. The number of ether oxygens (including phenoxy) is 2. The molecule has 26 heavy (non-hydrogen) atoms. The second-order valence-electron chi connectivity index (χ2n) is 8.23. The van der Waals surface area contributed by atoms with E-state index in [0.29, 0.717) is 19.0 Å². The van der Waals surface area contributed by atoms with E-state index in [1.54, 1.807) is 4.90 Å². The van der Waals surface area contributed by atoms with Crippen molar-refractivity contribution in [3.8, 4) is 0 Å². The van der Waals surface area contributed by atoms with Crippen molar-refractivity contribution in [3.63, 3.8) is 0 Å². The molecule has 1 fully saturated rings. The Kier molecular flexibility index (Phi) is 5.39. The Balaban J connectivity index is 1.68. The number of nitrogens with zero attached hydrogens (tertiary/aromatic N) is 1. The highest BCUT2D eigenvalue weighted by Gasteiger charge is 2.39. The zero-order chi connectivity index (χ0) is 18.9. The summed E-state index contributed by atoms with van der Waals surface area (Å²) in [7, 11) is 0. The lowest BCUT2D eigenvalue weighted by molar-refractivity contribution is 0.0266. The summed E-state index contributed by atoms with van der Waals surface area (Å²) in [5, 5.41) is 9.51. The maximum absolute atomic E-state index is 12.2. The van der Waals surface area contributed by atoms with Crippen molar-refractivity contribution in [1.82, 2.24) is 4.90 Å². The van der Waals surface area contributed by atoms with Crippen LogP contribution in [0.1, 0.15) is 40.5 Å². The van der Waals surface area contributed by atoms with E-state index in [0.717, 1.165) is 18.4 Å². The van der Waals surface area contributed by atoms with Gasteiger partial charge in [0.1, 0.15) is 11.7 Å². The van der Waals surface area contributed by atoms with Crippen LogP contribution in [0.5, 0.6) is 0 Å². The van der Waals surface area contributed by atoms with Crippen LogP contribution < -0.4 is 0 Å². The van der Waals surface area contributed by atoms with E-state index in [4.69, 9.17) is 9.47 Å². The van der Waals surface area contributed by atoms with E-state index in [-0.39, 0.29) is 12.2 Å². The van der Waals surface area contributed by atoms with Crippen molar-refractivity contribution in [3.05, 3.63) is 47.1 Å². The second kappa shape index (κ2) is 7.41. The normalized spacial score (nSPS) is 29.2. The Hall–Kier alpha value is -1.85. The third kappa shape index (κ3) is 4.86. The van der Waals surface area contributed by atoms with E-state index < -0.39 is 11.9 Å². The van der Waals surface area contributed by atoms with Crippen LogP contribution in [0.15, 0.2) is 47.1 Å². The van der Waals surface area contributed by atoms with Gasteiger partial charge in [-0.1, -0.05) is 37.3 Å². The fraction of sp³-hybridized carbons (Fsp3) is 0.571. The molecule has 3 aliphatic rings. The molecule has 2 aliphatic heterocycles. The Morgan fingerprint density at radius 3 is 2.62 bits per heavy atom. The van der Waals surface area contributed by atoms with Crippen molar-refractivity contribution in [2.24, 2.45) is 5.92 Å². The van der Waals surface area contributed by atoms with Crippen molar-refractivity contribution in [2.45, 2.75) is 58.5 Å². The molecule has 1 amide bonds. The number of allylic oxidation sites excluding steroid dienone is 4. The standard InChI is InChI=1S/C21H29NO4/c1-14-5-6-16(18-19(23)25-18)7-8-17(13-14)15-9-11-22(12-10-15)20(24)26-21(2,3)4/h6-9,13-14,18-19,23H,5,10-12H2,1-4H3. The number of aliphatic hydroxyl groups is 1. The number of aliphatic hydroxyl groups excluding tert-OH is 1. The van der Waals surface area contributed by atoms with Gasteiger partial charge in [-0.15, -0.1) is 0 Å². The lowest BCUT2D eigenvalue weighted by atomic mass is 9.91. The molecule has 1 saturated heterocycles. The minimum absolute atomic E-state index is 0.180. The number of hydrogen-bond acceptors (Lipinski definition) is 4. The highest BCUT2D eigenvalue weighted by Crippen LogP contribution is 2.32. The first-order valence-electron chi connectivity index (χ1n) is 9.34. The molecule has 1 aliphatic carbocycles. The zero-order valence-corrected chi connectivity index (χ0v) is 16.1. The van der Waals surface area contributed by atoms with E-state index in [1.807, 2.05) is 26.8 Å². The summed E-state index contributed by atoms with van der Waals surface area (Å²) in [5.41, 5.74) is 3.02. The third-order valence-corrected chi connectivity index (χ3v) is 4.67. The summed E-state index contributed by atoms with van der Waals surface area (Å²) >= 11 is 0. The largest absolute Gasteiger partial charge is 0.444 e. The van der Waals surface area contributed by atoms with Crippen LogP contribution in [0.2, 0.25) is 0 Å². The molecule has 0 aromatic rings. The molecule has 0 bridgehead atoms. The number of epoxide rings is 1. The fourth-order valence-corrected chi connectivity index (χ4v) is 3.20. The Morgan fingerprint density at radius 1 is 1.31 bits per heavy atom. The molecule has 0 aromatic heterocycles. The smallest absolute Gasteiger partial charge is 0.410 e. The van der Waals surface area contributed by atoms with Gasteiger partial charge in [0.05, 0.1) is 0 Å². The van der Waals surface area contributed by atoms with Gasteiger partial charge in [0.15, 0.2) is 6.29 Å². The average Bonchev–Trinajstić information content (AvgIpc) is 3.26. The van der Waals surface area contributed by atoms with Crippen molar-refractivity contribution < 1.29 is 19.4 Å². The van der Waals surface area contributed by atoms with Crippen molar-refractivity contribution >= 4 is 6.09 Å². The minimum atomic E-state index is -0.663. The Bertz CT molecular complexity index is 681. The summed E-state index contributed by atoms with van der Waals surface area (Å²) in [6.45, 7) is 9.06. The van der Waals surface area contributed by atoms with Gasteiger partial charge >= 0.3 is 6.09 Å². The lowest BCUT2D eigenvalue weighted by Crippen LogP contribution is -2.39. The zero-order valence-electron chi connectivity index (χ0n) is 16.1. The first-order valence-corrected chi connectivity index (χ1v) is 9.34. The van der Waals surface area contributed by atoms with Gasteiger partial charge < -0.3 is 19.5 Å². The van der Waals surface area contributed by atoms with Gasteiger partial charge in [0, 0.05) is 13.1 Å². The molecule has 2 heterocycles. The third-order valence-electron chi connectivity index (χ3n) is 4.67. The topological polar surface area (TPSA) is 62.3 Å². The molecule has 3 atom stereocenters. The Morgan fingerprint density at radius 2 is 2.04 bits per heavy atom. The number of rotatable bonds is 2. The van der Waals surface area contributed by atoms with Crippen molar-refractivity contribution in [1.29, 1.82) is 0 Å². The quantitative estimate of drug-likeness (QED) is 0.763. The monoisotopic (exact) mass is 359 g/mol. The molecule has 0 spiro atoms. The second-order valence-corrected chi connectivity index (χ2v) is 8.23. The average molecular weight is 359 g/mol. The van der Waals surface area contributed by atoms with Gasteiger partial charge in [0.2, 0.25) is 0 Å². The molecule has 0 saturated carbocycles. The highest BCUT2D eigenvalue weighted by atomic mass is 16.7. The molecule has 3 unspecified atom stereocenters. The van der Waals surface area contributed by atoms with E-state index in [1.165, 1.54) is 11.1 Å². The molecule has 5 nitrogen and oxygen atoms in total. The van der Waals surface area contributed by atoms with Crippen LogP contribution in [-0.4, -0.2) is 47.2 Å². The van der Waals surface area contributed by atoms with Gasteiger partial charge in [-0.05, 0) is 56.3 Å². The molecular weight excluding hydrogens is 330 g/mol. The first kappa shape index (κ1) is 18.9. The molecule has 3 rings (SSSR count). The predicted molar refractivity (Wildman–Crippen MR) is 100 cm³/mol. The molecule has 0 radical (unpaired) electrons. The maximum Gasteiger partial charge on any atom is 0.410 e. The number of hydrogen-bond donors (Lipinski definition) is 1. The SMILES string of the molecule is CC1C=C(C2=CCN(C(=O)OC(C)(C)C)CC2)C=CC(C2OC2O)=CC1. The van der Waals surface area contributed by atoms with Crippen LogP contribution in [0, 0.1) is 5.92 Å². The van der Waals surface area contributed by atoms with Crippen molar-refractivity contribution in [2.75, 3.05) is 13.1 Å². The van der Waals surface area contributed by atoms with E-state index in [2.05, 4.69) is 31.2 Å². The van der Waals surface area contributed by atoms with Crippen LogP contribution in [0.25, 0.3) is 0 Å². The number of carbonyl (C=O) groups excluding carboxylic acids is 1. The van der Waals surface area contributed by atoms with Gasteiger partial charge in [-0.2, -0.15) is 0 Å². The highest BCUT2D eigenvalue weighted by molar-refractivity contribution is 5.69. The molecule has 1 N–H and O–H groups in total. The fourth-order valence-electron chi connectivity index (χ4n) is 3.20. The van der Waals surface area contributed by atoms with Crippen LogP contribution >= 0.6 is 0 Å². The van der Waals surface area contributed by atoms with Gasteiger partial charge in [0.25, 0.3) is 0 Å². The van der Waals surface area contributed by atoms with Gasteiger partial charge in [-0.3, -0.25) is 0 Å². The summed E-state index contributed by atoms with van der Waals surface area (Å²) in [6.07, 6.45) is 11.3. The first-order chi connectivity index (χ1) is 12.2. The molecule has 0 aromatic carbocycles. The van der Waals surface area contributed by atoms with Crippen LogP contribution in [-0.2, 0) is 9.47 Å². The number of amides is 1. The van der Waals surface area contributed by atoms with Crippen LogP contribution in [0.4, 0.5) is 4.79 Å². The Labute approximate surface area is 155 Å². The molecule has 5 heteroatoms. The summed E-state index contributed by atoms with van der Waals surface area (Å²) < 4.78 is 10.6. The van der Waals surface area contributed by atoms with Gasteiger partial charge in [-0.25, -0.2) is 4.79 Å². The minimum Gasteiger partial charge on any atom is -0.444 e.